The lowest BCUT2D eigenvalue weighted by Crippen LogP contribution is -2.15. The molecule has 0 amide bonds. The highest BCUT2D eigenvalue weighted by molar-refractivity contribution is 5.21. The average molecular weight is 412 g/mol. The summed E-state index contributed by atoms with van der Waals surface area (Å²) < 4.78 is 0. The van der Waals surface area contributed by atoms with Crippen molar-refractivity contribution >= 4 is 0 Å². The molecule has 0 atom stereocenters. The Kier molecular flexibility index (Phi) is 10.7. The molecule has 30 heavy (non-hydrogen) atoms. The predicted octanol–water partition coefficient (Wildman–Crippen LogP) is 9.57. The summed E-state index contributed by atoms with van der Waals surface area (Å²) in [4.78, 5) is 4.98. The smallest absolute Gasteiger partial charge is 0.0434 e. The molecule has 0 bridgehead atoms. The molecule has 0 spiro atoms. The van der Waals surface area contributed by atoms with Crippen LogP contribution in [0.2, 0.25) is 0 Å². The van der Waals surface area contributed by atoms with Crippen LogP contribution in [0.25, 0.3) is 0 Å². The van der Waals surface area contributed by atoms with Crippen molar-refractivity contribution in [3.63, 3.8) is 0 Å². The molecule has 0 aliphatic heterocycles. The zero-order valence-electron chi connectivity index (χ0n) is 20.2. The van der Waals surface area contributed by atoms with E-state index in [1.54, 1.807) is 0 Å². The summed E-state index contributed by atoms with van der Waals surface area (Å²) in [6, 6.07) is 4.82. The summed E-state index contributed by atoms with van der Waals surface area (Å²) in [5, 5.41) is 0. The van der Waals surface area contributed by atoms with Gasteiger partial charge in [-0.25, -0.2) is 0 Å². The molecule has 1 heterocycles. The maximum Gasteiger partial charge on any atom is 0.0434 e. The van der Waals surface area contributed by atoms with Crippen LogP contribution in [0.1, 0.15) is 153 Å². The molecular weight excluding hydrogens is 362 g/mol. The predicted molar refractivity (Wildman–Crippen MR) is 131 cm³/mol. The molecule has 0 unspecified atom stereocenters. The molecule has 0 N–H and O–H groups in total. The SMILES string of the molecule is CCCCCCC1CCC(c2ccc(C3CCC(CCCCCC)CC3)nc2)CC1. The minimum absolute atomic E-state index is 0.727. The Morgan fingerprint density at radius 3 is 1.63 bits per heavy atom. The van der Waals surface area contributed by atoms with Crippen molar-refractivity contribution < 1.29 is 0 Å². The number of hydrogen-bond donors (Lipinski definition) is 0. The summed E-state index contributed by atoms with van der Waals surface area (Å²) >= 11 is 0. The molecule has 2 aliphatic carbocycles. The van der Waals surface area contributed by atoms with Gasteiger partial charge in [0.15, 0.2) is 0 Å². The van der Waals surface area contributed by atoms with Crippen molar-refractivity contribution in [3.8, 4) is 0 Å². The van der Waals surface area contributed by atoms with Gasteiger partial charge in [-0.05, 0) is 80.8 Å². The average Bonchev–Trinajstić information content (AvgIpc) is 2.81. The van der Waals surface area contributed by atoms with Crippen LogP contribution in [0.4, 0.5) is 0 Å². The molecule has 1 aromatic rings. The number of unbranched alkanes of at least 4 members (excludes halogenated alkanes) is 6. The first-order valence-corrected chi connectivity index (χ1v) is 13.8. The van der Waals surface area contributed by atoms with E-state index in [4.69, 9.17) is 4.98 Å². The maximum absolute atomic E-state index is 4.98. The fourth-order valence-electron chi connectivity index (χ4n) is 6.15. The first-order valence-electron chi connectivity index (χ1n) is 13.8. The van der Waals surface area contributed by atoms with Crippen LogP contribution in [0.5, 0.6) is 0 Å². The highest BCUT2D eigenvalue weighted by atomic mass is 14.7. The minimum atomic E-state index is 0.727. The standard InChI is InChI=1S/C29H49N/c1-3-5-7-9-11-24-13-17-26(18-14-24)28-21-22-29(30-23-28)27-19-15-25(16-20-27)12-10-8-6-4-2/h21-27H,3-20H2,1-2H3. The number of nitrogens with zero attached hydrogens (tertiary/aromatic N) is 1. The van der Waals surface area contributed by atoms with Gasteiger partial charge in [0, 0.05) is 17.8 Å². The summed E-state index contributed by atoms with van der Waals surface area (Å²) in [5.74, 6) is 3.50. The van der Waals surface area contributed by atoms with E-state index >= 15 is 0 Å². The van der Waals surface area contributed by atoms with Crippen LogP contribution in [0.3, 0.4) is 0 Å². The van der Waals surface area contributed by atoms with E-state index in [0.717, 1.165) is 23.7 Å². The van der Waals surface area contributed by atoms with Crippen molar-refractivity contribution in [1.29, 1.82) is 0 Å². The zero-order valence-corrected chi connectivity index (χ0v) is 20.2. The van der Waals surface area contributed by atoms with Crippen LogP contribution < -0.4 is 0 Å². The molecule has 1 aromatic heterocycles. The molecule has 0 saturated heterocycles. The molecule has 2 aliphatic rings. The van der Waals surface area contributed by atoms with Gasteiger partial charge in [0.25, 0.3) is 0 Å². The van der Waals surface area contributed by atoms with Crippen molar-refractivity contribution in [2.45, 2.75) is 141 Å². The van der Waals surface area contributed by atoms with Gasteiger partial charge in [-0.2, -0.15) is 0 Å². The van der Waals surface area contributed by atoms with E-state index in [1.165, 1.54) is 127 Å². The third-order valence-corrected chi connectivity index (χ3v) is 8.32. The molecule has 0 aromatic carbocycles. The van der Waals surface area contributed by atoms with Crippen LogP contribution >= 0.6 is 0 Å². The van der Waals surface area contributed by atoms with Crippen LogP contribution in [0.15, 0.2) is 18.3 Å². The van der Waals surface area contributed by atoms with Crippen LogP contribution in [0, 0.1) is 11.8 Å². The second-order valence-corrected chi connectivity index (χ2v) is 10.7. The van der Waals surface area contributed by atoms with Crippen LogP contribution in [-0.2, 0) is 0 Å². The Bertz CT molecular complexity index is 495. The molecule has 2 saturated carbocycles. The van der Waals surface area contributed by atoms with Crippen LogP contribution in [-0.4, -0.2) is 4.98 Å². The lowest BCUT2D eigenvalue weighted by Gasteiger charge is -2.30. The quantitative estimate of drug-likeness (QED) is 0.312. The van der Waals surface area contributed by atoms with E-state index in [9.17, 15) is 0 Å². The molecule has 2 fully saturated rings. The van der Waals surface area contributed by atoms with Gasteiger partial charge < -0.3 is 0 Å². The fraction of sp³-hybridized carbons (Fsp3) is 0.828. The van der Waals surface area contributed by atoms with Gasteiger partial charge in [-0.1, -0.05) is 84.1 Å². The van der Waals surface area contributed by atoms with Gasteiger partial charge in [-0.15, -0.1) is 0 Å². The van der Waals surface area contributed by atoms with Crippen molar-refractivity contribution in [2.75, 3.05) is 0 Å². The van der Waals surface area contributed by atoms with Gasteiger partial charge in [0.1, 0.15) is 0 Å². The van der Waals surface area contributed by atoms with Gasteiger partial charge in [0.2, 0.25) is 0 Å². The first-order chi connectivity index (χ1) is 14.8. The Balaban J connectivity index is 1.36. The van der Waals surface area contributed by atoms with E-state index in [1.807, 2.05) is 0 Å². The van der Waals surface area contributed by atoms with Gasteiger partial charge in [0.05, 0.1) is 0 Å². The Labute approximate surface area is 187 Å². The summed E-state index contributed by atoms with van der Waals surface area (Å²) in [6.45, 7) is 4.62. The van der Waals surface area contributed by atoms with E-state index < -0.39 is 0 Å². The monoisotopic (exact) mass is 411 g/mol. The third kappa shape index (κ3) is 7.69. The van der Waals surface area contributed by atoms with Gasteiger partial charge in [-0.3, -0.25) is 4.98 Å². The lowest BCUT2D eigenvalue weighted by atomic mass is 9.76. The van der Waals surface area contributed by atoms with E-state index in [2.05, 4.69) is 32.2 Å². The second kappa shape index (κ2) is 13.5. The van der Waals surface area contributed by atoms with Gasteiger partial charge >= 0.3 is 0 Å². The Morgan fingerprint density at radius 1 is 0.633 bits per heavy atom. The highest BCUT2D eigenvalue weighted by Gasteiger charge is 2.25. The zero-order chi connectivity index (χ0) is 21.0. The Morgan fingerprint density at radius 2 is 1.17 bits per heavy atom. The topological polar surface area (TPSA) is 12.9 Å². The normalized spacial score (nSPS) is 27.3. The lowest BCUT2D eigenvalue weighted by molar-refractivity contribution is 0.298. The van der Waals surface area contributed by atoms with Crippen molar-refractivity contribution in [2.24, 2.45) is 11.8 Å². The minimum Gasteiger partial charge on any atom is -0.261 e. The Hall–Kier alpha value is -0.850. The number of pyridine rings is 1. The first kappa shape index (κ1) is 23.8. The second-order valence-electron chi connectivity index (χ2n) is 10.7. The molecule has 1 heteroatoms. The summed E-state index contributed by atoms with van der Waals surface area (Å²) in [6.07, 6.45) is 27.8. The summed E-state index contributed by atoms with van der Waals surface area (Å²) in [5.41, 5.74) is 2.90. The van der Waals surface area contributed by atoms with Crippen molar-refractivity contribution in [3.05, 3.63) is 29.6 Å². The maximum atomic E-state index is 4.98. The van der Waals surface area contributed by atoms with Crippen molar-refractivity contribution in [1.82, 2.24) is 4.98 Å². The molecule has 0 radical (unpaired) electrons. The molecular formula is C29H49N. The van der Waals surface area contributed by atoms with E-state index in [-0.39, 0.29) is 0 Å². The molecule has 3 rings (SSSR count). The number of aromatic nitrogens is 1. The highest BCUT2D eigenvalue weighted by Crippen LogP contribution is 2.40. The fourth-order valence-corrected chi connectivity index (χ4v) is 6.15. The number of rotatable bonds is 12. The summed E-state index contributed by atoms with van der Waals surface area (Å²) in [7, 11) is 0. The third-order valence-electron chi connectivity index (χ3n) is 8.32. The molecule has 170 valence electrons. The van der Waals surface area contributed by atoms with E-state index in [0.29, 0.717) is 0 Å². The largest absolute Gasteiger partial charge is 0.261 e. The molecule has 1 nitrogen and oxygen atoms in total. The number of hydrogen-bond acceptors (Lipinski definition) is 1.